The minimum absolute atomic E-state index is 0.125. The van der Waals surface area contributed by atoms with Crippen molar-refractivity contribution in [1.82, 2.24) is 5.32 Å². The van der Waals surface area contributed by atoms with Crippen LogP contribution in [0.4, 0.5) is 5.69 Å². The molecule has 0 radical (unpaired) electrons. The highest BCUT2D eigenvalue weighted by Gasteiger charge is 2.03. The Hall–Kier alpha value is -1.46. The fraction of sp³-hybridized carbons (Fsp3) is 0.455. The van der Waals surface area contributed by atoms with Gasteiger partial charge in [-0.2, -0.15) is 0 Å². The van der Waals surface area contributed by atoms with Crippen molar-refractivity contribution >= 4 is 5.69 Å². The molecule has 88 valence electrons. The molecule has 0 amide bonds. The van der Waals surface area contributed by atoms with Gasteiger partial charge in [-0.15, -0.1) is 0 Å². The number of nitrogens with zero attached hydrogens (tertiary/aromatic N) is 1. The van der Waals surface area contributed by atoms with Gasteiger partial charge in [0.05, 0.1) is 18.1 Å². The Labute approximate surface area is 94.6 Å². The van der Waals surface area contributed by atoms with Crippen molar-refractivity contribution in [2.45, 2.75) is 6.42 Å². The SMILES string of the molecule is CNCCOCCc1ccc([N+](=O)[O-])cc1. The van der Waals surface area contributed by atoms with E-state index in [4.69, 9.17) is 4.74 Å². The largest absolute Gasteiger partial charge is 0.380 e. The first-order valence-corrected chi connectivity index (χ1v) is 5.19. The molecule has 1 N–H and O–H groups in total. The lowest BCUT2D eigenvalue weighted by Crippen LogP contribution is -2.15. The molecule has 0 saturated heterocycles. The zero-order chi connectivity index (χ0) is 11.8. The maximum atomic E-state index is 10.4. The van der Waals surface area contributed by atoms with Crippen LogP contribution < -0.4 is 5.32 Å². The normalized spacial score (nSPS) is 10.3. The number of rotatable bonds is 7. The first kappa shape index (κ1) is 12.6. The Kier molecular flexibility index (Phi) is 5.45. The second-order valence-corrected chi connectivity index (χ2v) is 3.39. The first-order valence-electron chi connectivity index (χ1n) is 5.19. The minimum atomic E-state index is -0.396. The van der Waals surface area contributed by atoms with E-state index in [0.29, 0.717) is 13.2 Å². The summed E-state index contributed by atoms with van der Waals surface area (Å²) in [6.45, 7) is 2.16. The minimum Gasteiger partial charge on any atom is -0.380 e. The molecule has 0 spiro atoms. The molecular formula is C11H16N2O3. The van der Waals surface area contributed by atoms with E-state index < -0.39 is 4.92 Å². The van der Waals surface area contributed by atoms with Crippen LogP contribution in [0.15, 0.2) is 24.3 Å². The lowest BCUT2D eigenvalue weighted by Gasteiger charge is -2.03. The summed E-state index contributed by atoms with van der Waals surface area (Å²) in [5, 5.41) is 13.4. The average Bonchev–Trinajstić information content (AvgIpc) is 2.29. The molecular weight excluding hydrogens is 208 g/mol. The maximum Gasteiger partial charge on any atom is 0.269 e. The van der Waals surface area contributed by atoms with Crippen LogP contribution in [-0.4, -0.2) is 31.7 Å². The number of likely N-dealkylation sites (N-methyl/N-ethyl adjacent to an activating group) is 1. The molecule has 0 aliphatic heterocycles. The second kappa shape index (κ2) is 6.92. The number of nitrogens with one attached hydrogen (secondary N) is 1. The van der Waals surface area contributed by atoms with E-state index in [2.05, 4.69) is 5.32 Å². The number of hydrogen-bond donors (Lipinski definition) is 1. The van der Waals surface area contributed by atoms with Gasteiger partial charge in [0.15, 0.2) is 0 Å². The van der Waals surface area contributed by atoms with E-state index in [1.54, 1.807) is 12.1 Å². The summed E-state index contributed by atoms with van der Waals surface area (Å²) in [4.78, 5) is 10.0. The predicted molar refractivity (Wildman–Crippen MR) is 61.5 cm³/mol. The lowest BCUT2D eigenvalue weighted by molar-refractivity contribution is -0.384. The Morgan fingerprint density at radius 3 is 2.56 bits per heavy atom. The first-order chi connectivity index (χ1) is 7.74. The fourth-order valence-electron chi connectivity index (χ4n) is 1.25. The molecule has 0 fully saturated rings. The number of ether oxygens (including phenoxy) is 1. The van der Waals surface area contributed by atoms with Crippen molar-refractivity contribution in [3.63, 3.8) is 0 Å². The van der Waals surface area contributed by atoms with Crippen molar-refractivity contribution < 1.29 is 9.66 Å². The van der Waals surface area contributed by atoms with Crippen LogP contribution >= 0.6 is 0 Å². The molecule has 1 aromatic carbocycles. The summed E-state index contributed by atoms with van der Waals surface area (Å²) in [6, 6.07) is 6.56. The van der Waals surface area contributed by atoms with Gasteiger partial charge in [0.25, 0.3) is 5.69 Å². The quantitative estimate of drug-likeness (QED) is 0.431. The molecule has 1 aromatic rings. The van der Waals surface area contributed by atoms with Gasteiger partial charge in [-0.3, -0.25) is 10.1 Å². The fourth-order valence-corrected chi connectivity index (χ4v) is 1.25. The molecule has 1 rings (SSSR count). The number of non-ortho nitro benzene ring substituents is 1. The Morgan fingerprint density at radius 1 is 1.31 bits per heavy atom. The average molecular weight is 224 g/mol. The number of nitro groups is 1. The zero-order valence-electron chi connectivity index (χ0n) is 9.31. The molecule has 0 bridgehead atoms. The number of nitro benzene ring substituents is 1. The highest BCUT2D eigenvalue weighted by Crippen LogP contribution is 2.12. The van der Waals surface area contributed by atoms with Gasteiger partial charge < -0.3 is 10.1 Å². The van der Waals surface area contributed by atoms with Gasteiger partial charge in [-0.05, 0) is 19.0 Å². The van der Waals surface area contributed by atoms with Crippen molar-refractivity contribution in [3.05, 3.63) is 39.9 Å². The van der Waals surface area contributed by atoms with Crippen LogP contribution in [-0.2, 0) is 11.2 Å². The third kappa shape index (κ3) is 4.37. The molecule has 0 unspecified atom stereocenters. The third-order valence-corrected chi connectivity index (χ3v) is 2.18. The molecule has 0 aromatic heterocycles. The smallest absolute Gasteiger partial charge is 0.269 e. The van der Waals surface area contributed by atoms with Crippen LogP contribution in [0, 0.1) is 10.1 Å². The lowest BCUT2D eigenvalue weighted by atomic mass is 10.1. The summed E-state index contributed by atoms with van der Waals surface area (Å²) in [7, 11) is 1.87. The van der Waals surface area contributed by atoms with E-state index in [1.807, 2.05) is 7.05 Å². The Morgan fingerprint density at radius 2 is 2.00 bits per heavy atom. The third-order valence-electron chi connectivity index (χ3n) is 2.18. The summed E-state index contributed by atoms with van der Waals surface area (Å²) < 4.78 is 5.36. The van der Waals surface area contributed by atoms with E-state index >= 15 is 0 Å². The van der Waals surface area contributed by atoms with Gasteiger partial charge >= 0.3 is 0 Å². The molecule has 5 nitrogen and oxygen atoms in total. The summed E-state index contributed by atoms with van der Waals surface area (Å²) in [5.74, 6) is 0. The van der Waals surface area contributed by atoms with Gasteiger partial charge in [-0.25, -0.2) is 0 Å². The Bertz CT molecular complexity index is 325. The van der Waals surface area contributed by atoms with Crippen LogP contribution in [0.1, 0.15) is 5.56 Å². The van der Waals surface area contributed by atoms with Crippen molar-refractivity contribution in [3.8, 4) is 0 Å². The van der Waals surface area contributed by atoms with Crippen molar-refractivity contribution in [2.75, 3.05) is 26.8 Å². The van der Waals surface area contributed by atoms with Gasteiger partial charge in [0.2, 0.25) is 0 Å². The van der Waals surface area contributed by atoms with Gasteiger partial charge in [0.1, 0.15) is 0 Å². The van der Waals surface area contributed by atoms with E-state index in [1.165, 1.54) is 12.1 Å². The molecule has 5 heteroatoms. The summed E-state index contributed by atoms with van der Waals surface area (Å²) in [5.41, 5.74) is 1.18. The highest BCUT2D eigenvalue weighted by molar-refractivity contribution is 5.32. The van der Waals surface area contributed by atoms with Crippen molar-refractivity contribution in [1.29, 1.82) is 0 Å². The standard InChI is InChI=1S/C11H16N2O3/c1-12-7-9-16-8-6-10-2-4-11(5-3-10)13(14)15/h2-5,12H,6-9H2,1H3. The van der Waals surface area contributed by atoms with E-state index in [0.717, 1.165) is 18.5 Å². The van der Waals surface area contributed by atoms with Gasteiger partial charge in [-0.1, -0.05) is 12.1 Å². The molecule has 0 heterocycles. The number of hydrogen-bond acceptors (Lipinski definition) is 4. The molecule has 0 aliphatic carbocycles. The van der Waals surface area contributed by atoms with Crippen LogP contribution in [0.2, 0.25) is 0 Å². The van der Waals surface area contributed by atoms with Crippen LogP contribution in [0.5, 0.6) is 0 Å². The highest BCUT2D eigenvalue weighted by atomic mass is 16.6. The van der Waals surface area contributed by atoms with Crippen LogP contribution in [0.3, 0.4) is 0 Å². The van der Waals surface area contributed by atoms with Gasteiger partial charge in [0, 0.05) is 18.7 Å². The number of benzene rings is 1. The Balaban J connectivity index is 2.29. The van der Waals surface area contributed by atoms with Crippen molar-refractivity contribution in [2.24, 2.45) is 0 Å². The summed E-state index contributed by atoms with van der Waals surface area (Å²) >= 11 is 0. The monoisotopic (exact) mass is 224 g/mol. The van der Waals surface area contributed by atoms with Crippen LogP contribution in [0.25, 0.3) is 0 Å². The van der Waals surface area contributed by atoms with E-state index in [9.17, 15) is 10.1 Å². The maximum absolute atomic E-state index is 10.4. The van der Waals surface area contributed by atoms with E-state index in [-0.39, 0.29) is 5.69 Å². The molecule has 0 aliphatic rings. The second-order valence-electron chi connectivity index (χ2n) is 3.39. The summed E-state index contributed by atoms with van der Waals surface area (Å²) in [6.07, 6.45) is 0.779. The zero-order valence-corrected chi connectivity index (χ0v) is 9.31. The molecule has 16 heavy (non-hydrogen) atoms. The molecule has 0 atom stereocenters. The topological polar surface area (TPSA) is 64.4 Å². The predicted octanol–water partition coefficient (Wildman–Crippen LogP) is 1.37. The molecule has 0 saturated carbocycles.